The van der Waals surface area contributed by atoms with Crippen molar-refractivity contribution >= 4 is 28.5 Å². The lowest BCUT2D eigenvalue weighted by Gasteiger charge is -2.36. The molecule has 2 N–H and O–H groups in total. The highest BCUT2D eigenvalue weighted by atomic mass is 16.2. The molecule has 1 amide bonds. The largest absolute Gasteiger partial charge is 0.369 e. The molecule has 5 heteroatoms. The quantitative estimate of drug-likeness (QED) is 0.721. The predicted octanol–water partition coefficient (Wildman–Crippen LogP) is 4.32. The molecule has 1 saturated heterocycles. The van der Waals surface area contributed by atoms with Gasteiger partial charge in [-0.05, 0) is 55.8 Å². The topological polar surface area (TPSA) is 47.6 Å². The van der Waals surface area contributed by atoms with E-state index in [0.717, 1.165) is 48.7 Å². The van der Waals surface area contributed by atoms with Crippen molar-refractivity contribution in [1.82, 2.24) is 4.90 Å². The van der Waals surface area contributed by atoms with Crippen molar-refractivity contribution in [3.63, 3.8) is 0 Å². The maximum atomic E-state index is 12.3. The number of unbranched alkanes of at least 4 members (excludes halogenated alkanes) is 1. The fraction of sp³-hybridized carbons (Fsp3) is 0.375. The van der Waals surface area contributed by atoms with Crippen LogP contribution in [-0.2, 0) is 4.79 Å². The first-order chi connectivity index (χ1) is 14.2. The van der Waals surface area contributed by atoms with Gasteiger partial charge in [-0.15, -0.1) is 0 Å². The van der Waals surface area contributed by atoms with E-state index in [0.29, 0.717) is 5.57 Å². The summed E-state index contributed by atoms with van der Waals surface area (Å²) < 4.78 is 0. The maximum absolute atomic E-state index is 12.3. The molecule has 29 heavy (non-hydrogen) atoms. The molecule has 4 rings (SSSR count). The first kappa shape index (κ1) is 19.5. The number of nitrogens with one attached hydrogen (secondary N) is 2. The number of fused-ring (bicyclic) bond motifs is 1. The molecule has 0 spiro atoms. The Labute approximate surface area is 173 Å². The lowest BCUT2D eigenvalue weighted by Crippen LogP contribution is -2.46. The minimum absolute atomic E-state index is 0.0561. The molecule has 0 unspecified atom stereocenters. The number of anilines is 3. The van der Waals surface area contributed by atoms with Gasteiger partial charge in [0.05, 0.1) is 5.57 Å². The number of nitrogens with zero attached hydrogens (tertiary/aromatic N) is 2. The highest BCUT2D eigenvalue weighted by molar-refractivity contribution is 6.32. The molecule has 5 nitrogen and oxygen atoms in total. The molecule has 0 atom stereocenters. The van der Waals surface area contributed by atoms with Crippen LogP contribution in [-0.4, -0.2) is 43.5 Å². The first-order valence-corrected chi connectivity index (χ1v) is 10.6. The number of carbonyl (C=O) groups is 1. The van der Waals surface area contributed by atoms with Crippen molar-refractivity contribution in [3.05, 3.63) is 59.8 Å². The van der Waals surface area contributed by atoms with E-state index < -0.39 is 0 Å². The first-order valence-electron chi connectivity index (χ1n) is 10.6. The number of benzene rings is 2. The smallest absolute Gasteiger partial charge is 0.257 e. The van der Waals surface area contributed by atoms with Crippen molar-refractivity contribution in [3.8, 4) is 0 Å². The summed E-state index contributed by atoms with van der Waals surface area (Å²) in [5, 5.41) is 6.23. The summed E-state index contributed by atoms with van der Waals surface area (Å²) in [4.78, 5) is 17.3. The number of hydrogen-bond acceptors (Lipinski definition) is 4. The minimum atomic E-state index is -0.0561. The fourth-order valence-corrected chi connectivity index (χ4v) is 4.11. The van der Waals surface area contributed by atoms with Crippen LogP contribution in [0.2, 0.25) is 0 Å². The van der Waals surface area contributed by atoms with E-state index in [2.05, 4.69) is 51.6 Å². The van der Waals surface area contributed by atoms with Gasteiger partial charge in [-0.3, -0.25) is 9.69 Å². The van der Waals surface area contributed by atoms with E-state index in [9.17, 15) is 4.79 Å². The third-order valence-corrected chi connectivity index (χ3v) is 5.85. The normalized spacial score (nSPS) is 18.1. The maximum Gasteiger partial charge on any atom is 0.257 e. The molecule has 1 fully saturated rings. The summed E-state index contributed by atoms with van der Waals surface area (Å²) in [6.45, 7) is 9.94. The van der Waals surface area contributed by atoms with Gasteiger partial charge in [0, 0.05) is 55.0 Å². The number of carbonyl (C=O) groups excluding carboxylic acids is 1. The predicted molar refractivity (Wildman–Crippen MR) is 121 cm³/mol. The molecular weight excluding hydrogens is 360 g/mol. The second kappa shape index (κ2) is 8.70. The molecular formula is C24H30N4O. The summed E-state index contributed by atoms with van der Waals surface area (Å²) in [5.74, 6) is -0.0561. The van der Waals surface area contributed by atoms with Crippen molar-refractivity contribution in [2.24, 2.45) is 0 Å². The zero-order chi connectivity index (χ0) is 20.2. The lowest BCUT2D eigenvalue weighted by molar-refractivity contribution is -0.110. The molecule has 0 aliphatic carbocycles. The Bertz CT molecular complexity index is 896. The minimum Gasteiger partial charge on any atom is -0.369 e. The Balaban J connectivity index is 1.39. The van der Waals surface area contributed by atoms with E-state index in [1.54, 1.807) is 0 Å². The standard InChI is InChI=1S/C24H30N4O/c1-3-4-12-27-13-15-28(16-14-27)20-10-8-19(9-11-20)25-17-21-23-18(2)6-5-7-22(23)26-24(21)29/h5-11,17,25H,3-4,12-16H2,1-2H3,(H,26,29). The molecule has 152 valence electrons. The zero-order valence-electron chi connectivity index (χ0n) is 17.4. The van der Waals surface area contributed by atoms with E-state index >= 15 is 0 Å². The Hall–Kier alpha value is -2.79. The highest BCUT2D eigenvalue weighted by Crippen LogP contribution is 2.34. The van der Waals surface area contributed by atoms with E-state index in [4.69, 9.17) is 0 Å². The van der Waals surface area contributed by atoms with Crippen LogP contribution in [0.25, 0.3) is 5.57 Å². The molecule has 2 aliphatic heterocycles. The van der Waals surface area contributed by atoms with Crippen molar-refractivity contribution in [1.29, 1.82) is 0 Å². The van der Waals surface area contributed by atoms with Crippen molar-refractivity contribution < 1.29 is 4.79 Å². The van der Waals surface area contributed by atoms with Crippen LogP contribution in [0.5, 0.6) is 0 Å². The Morgan fingerprint density at radius 2 is 1.83 bits per heavy atom. The molecule has 0 radical (unpaired) electrons. The van der Waals surface area contributed by atoms with Crippen molar-refractivity contribution in [2.45, 2.75) is 26.7 Å². The Morgan fingerprint density at radius 3 is 2.55 bits per heavy atom. The van der Waals surface area contributed by atoms with Gasteiger partial charge < -0.3 is 15.5 Å². The number of hydrogen-bond donors (Lipinski definition) is 2. The second-order valence-corrected chi connectivity index (χ2v) is 7.88. The van der Waals surface area contributed by atoms with Gasteiger partial charge in [-0.1, -0.05) is 25.5 Å². The van der Waals surface area contributed by atoms with Gasteiger partial charge >= 0.3 is 0 Å². The van der Waals surface area contributed by atoms with Crippen LogP contribution in [0.15, 0.2) is 48.7 Å². The SMILES string of the molecule is CCCCN1CCN(c2ccc(NC=C3C(=O)Nc4cccc(C)c43)cc2)CC1. The van der Waals surface area contributed by atoms with E-state index in [1.165, 1.54) is 25.1 Å². The third-order valence-electron chi connectivity index (χ3n) is 5.85. The summed E-state index contributed by atoms with van der Waals surface area (Å²) >= 11 is 0. The van der Waals surface area contributed by atoms with Gasteiger partial charge in [0.15, 0.2) is 0 Å². The monoisotopic (exact) mass is 390 g/mol. The fourth-order valence-electron chi connectivity index (χ4n) is 4.11. The van der Waals surface area contributed by atoms with Gasteiger partial charge in [-0.2, -0.15) is 0 Å². The molecule has 0 bridgehead atoms. The van der Waals surface area contributed by atoms with Crippen LogP contribution in [0.4, 0.5) is 17.1 Å². The van der Waals surface area contributed by atoms with Crippen LogP contribution in [0, 0.1) is 6.92 Å². The third kappa shape index (κ3) is 4.30. The molecule has 2 aliphatic rings. The summed E-state index contributed by atoms with van der Waals surface area (Å²) in [6, 6.07) is 14.4. The van der Waals surface area contributed by atoms with Crippen LogP contribution < -0.4 is 15.5 Å². The lowest BCUT2D eigenvalue weighted by atomic mass is 10.0. The average molecular weight is 391 g/mol. The van der Waals surface area contributed by atoms with Crippen LogP contribution >= 0.6 is 0 Å². The van der Waals surface area contributed by atoms with Crippen LogP contribution in [0.1, 0.15) is 30.9 Å². The Kier molecular flexibility index (Phi) is 5.86. The average Bonchev–Trinajstić information content (AvgIpc) is 3.08. The van der Waals surface area contributed by atoms with Gasteiger partial charge in [0.2, 0.25) is 0 Å². The number of rotatable bonds is 6. The molecule has 2 aromatic rings. The Morgan fingerprint density at radius 1 is 1.07 bits per heavy atom. The van der Waals surface area contributed by atoms with Gasteiger partial charge in [0.1, 0.15) is 0 Å². The molecule has 2 heterocycles. The number of amides is 1. The van der Waals surface area contributed by atoms with Crippen LogP contribution in [0.3, 0.4) is 0 Å². The summed E-state index contributed by atoms with van der Waals surface area (Å²) in [7, 11) is 0. The molecule has 0 saturated carbocycles. The number of piperazine rings is 1. The molecule has 2 aromatic carbocycles. The van der Waals surface area contributed by atoms with Gasteiger partial charge in [0.25, 0.3) is 5.91 Å². The summed E-state index contributed by atoms with van der Waals surface area (Å²) in [5.41, 5.74) is 5.91. The molecule has 0 aromatic heterocycles. The summed E-state index contributed by atoms with van der Waals surface area (Å²) in [6.07, 6.45) is 4.37. The highest BCUT2D eigenvalue weighted by Gasteiger charge is 2.25. The second-order valence-electron chi connectivity index (χ2n) is 7.88. The number of aryl methyl sites for hydroxylation is 1. The van der Waals surface area contributed by atoms with E-state index in [-0.39, 0.29) is 5.91 Å². The zero-order valence-corrected chi connectivity index (χ0v) is 17.4. The van der Waals surface area contributed by atoms with Crippen molar-refractivity contribution in [2.75, 3.05) is 48.3 Å². The van der Waals surface area contributed by atoms with Gasteiger partial charge in [-0.25, -0.2) is 0 Å². The van der Waals surface area contributed by atoms with E-state index in [1.807, 2.05) is 31.3 Å².